The van der Waals surface area contributed by atoms with Gasteiger partial charge in [-0.05, 0) is 39.8 Å². The van der Waals surface area contributed by atoms with E-state index in [2.05, 4.69) is 40.2 Å². The van der Waals surface area contributed by atoms with Gasteiger partial charge in [-0.3, -0.25) is 4.90 Å². The molecule has 6 heteroatoms. The maximum atomic E-state index is 11.9. The molecule has 0 spiro atoms. The lowest BCUT2D eigenvalue weighted by Crippen LogP contribution is -2.52. The highest BCUT2D eigenvalue weighted by Crippen LogP contribution is 2.14. The zero-order chi connectivity index (χ0) is 17.0. The van der Waals surface area contributed by atoms with Crippen molar-refractivity contribution in [2.75, 3.05) is 19.7 Å². The summed E-state index contributed by atoms with van der Waals surface area (Å²) in [4.78, 5) is 14.2. The molecule has 2 rings (SSSR count). The van der Waals surface area contributed by atoms with Gasteiger partial charge < -0.3 is 19.4 Å². The first-order valence-electron chi connectivity index (χ1n) is 8.18. The smallest absolute Gasteiger partial charge is 0.407 e. The Kier molecular flexibility index (Phi) is 5.70. The fraction of sp³-hybridized carbons (Fsp3) is 0.706. The summed E-state index contributed by atoms with van der Waals surface area (Å²) in [6.07, 6.45) is 1.63. The van der Waals surface area contributed by atoms with Gasteiger partial charge in [0.15, 0.2) is 0 Å². The largest absolute Gasteiger partial charge is 0.444 e. The predicted octanol–water partition coefficient (Wildman–Crippen LogP) is 2.14. The van der Waals surface area contributed by atoms with Crippen LogP contribution in [0.5, 0.6) is 0 Å². The van der Waals surface area contributed by atoms with E-state index in [-0.39, 0.29) is 12.1 Å². The SMILES string of the molecule is C[C@H](NC(=O)OC(C)(C)C)[C@H]1CN(Cc2cccn2C)CCO1. The highest BCUT2D eigenvalue weighted by molar-refractivity contribution is 5.68. The molecule has 0 bridgehead atoms. The van der Waals surface area contributed by atoms with E-state index in [0.29, 0.717) is 6.61 Å². The monoisotopic (exact) mass is 323 g/mol. The van der Waals surface area contributed by atoms with Crippen LogP contribution < -0.4 is 5.32 Å². The van der Waals surface area contributed by atoms with Crippen molar-refractivity contribution in [2.24, 2.45) is 7.05 Å². The number of rotatable bonds is 4. The van der Waals surface area contributed by atoms with Gasteiger partial charge in [-0.15, -0.1) is 0 Å². The van der Waals surface area contributed by atoms with Gasteiger partial charge in [0.1, 0.15) is 5.60 Å². The van der Waals surface area contributed by atoms with Crippen LogP contribution in [0.25, 0.3) is 0 Å². The molecule has 6 nitrogen and oxygen atoms in total. The van der Waals surface area contributed by atoms with E-state index in [4.69, 9.17) is 9.47 Å². The normalized spacial score (nSPS) is 21.0. The third kappa shape index (κ3) is 5.55. The number of aromatic nitrogens is 1. The third-order valence-corrected chi connectivity index (χ3v) is 3.92. The Morgan fingerprint density at radius 2 is 2.26 bits per heavy atom. The lowest BCUT2D eigenvalue weighted by atomic mass is 10.1. The molecule has 130 valence electrons. The Labute approximate surface area is 138 Å². The molecule has 23 heavy (non-hydrogen) atoms. The second kappa shape index (κ2) is 7.36. The number of amides is 1. The molecular weight excluding hydrogens is 294 g/mol. The van der Waals surface area contributed by atoms with E-state index in [1.165, 1.54) is 5.69 Å². The first kappa shape index (κ1) is 17.8. The Morgan fingerprint density at radius 1 is 1.52 bits per heavy atom. The second-order valence-corrected chi connectivity index (χ2v) is 7.19. The average Bonchev–Trinajstić information content (AvgIpc) is 2.82. The van der Waals surface area contributed by atoms with Gasteiger partial charge in [0.2, 0.25) is 0 Å². The van der Waals surface area contributed by atoms with Gasteiger partial charge in [0.05, 0.1) is 18.8 Å². The van der Waals surface area contributed by atoms with Crippen LogP contribution in [0.3, 0.4) is 0 Å². The molecule has 0 saturated carbocycles. The molecule has 1 fully saturated rings. The van der Waals surface area contributed by atoms with E-state index in [9.17, 15) is 4.79 Å². The molecule has 0 aliphatic carbocycles. The minimum Gasteiger partial charge on any atom is -0.444 e. The number of hydrogen-bond donors (Lipinski definition) is 1. The molecule has 0 aromatic carbocycles. The summed E-state index contributed by atoms with van der Waals surface area (Å²) < 4.78 is 13.3. The first-order chi connectivity index (χ1) is 10.7. The zero-order valence-corrected chi connectivity index (χ0v) is 14.8. The summed E-state index contributed by atoms with van der Waals surface area (Å²) in [7, 11) is 2.06. The van der Waals surface area contributed by atoms with E-state index in [1.54, 1.807) is 0 Å². The summed E-state index contributed by atoms with van der Waals surface area (Å²) in [6.45, 7) is 10.8. The van der Waals surface area contributed by atoms with E-state index in [0.717, 1.165) is 19.6 Å². The maximum Gasteiger partial charge on any atom is 0.407 e. The molecule has 0 unspecified atom stereocenters. The minimum absolute atomic E-state index is 0.0310. The topological polar surface area (TPSA) is 55.7 Å². The van der Waals surface area contributed by atoms with Gasteiger partial charge in [-0.25, -0.2) is 4.79 Å². The molecular formula is C17H29N3O3. The number of alkyl carbamates (subject to hydrolysis) is 1. The summed E-state index contributed by atoms with van der Waals surface area (Å²) in [5.74, 6) is 0. The van der Waals surface area contributed by atoms with Crippen LogP contribution in [0.4, 0.5) is 4.79 Å². The van der Waals surface area contributed by atoms with E-state index in [1.807, 2.05) is 27.7 Å². The summed E-state index contributed by atoms with van der Waals surface area (Å²) >= 11 is 0. The van der Waals surface area contributed by atoms with Crippen molar-refractivity contribution in [3.63, 3.8) is 0 Å². The number of hydrogen-bond acceptors (Lipinski definition) is 4. The predicted molar refractivity (Wildman–Crippen MR) is 89.3 cm³/mol. The molecule has 1 N–H and O–H groups in total. The van der Waals surface area contributed by atoms with Crippen molar-refractivity contribution in [2.45, 2.75) is 52.0 Å². The number of ether oxygens (including phenoxy) is 2. The molecule has 2 heterocycles. The lowest BCUT2D eigenvalue weighted by Gasteiger charge is -2.36. The summed E-state index contributed by atoms with van der Waals surface area (Å²) in [6, 6.07) is 4.09. The number of nitrogens with zero attached hydrogens (tertiary/aromatic N) is 2. The number of nitrogens with one attached hydrogen (secondary N) is 1. The van der Waals surface area contributed by atoms with Gasteiger partial charge in [-0.2, -0.15) is 0 Å². The van der Waals surface area contributed by atoms with Gasteiger partial charge >= 0.3 is 6.09 Å². The van der Waals surface area contributed by atoms with Crippen LogP contribution in [-0.2, 0) is 23.1 Å². The number of carbonyl (C=O) groups excluding carboxylic acids is 1. The molecule has 1 aliphatic rings. The van der Waals surface area contributed by atoms with Crippen molar-refractivity contribution < 1.29 is 14.3 Å². The van der Waals surface area contributed by atoms with Crippen LogP contribution in [0.15, 0.2) is 18.3 Å². The molecule has 0 radical (unpaired) electrons. The van der Waals surface area contributed by atoms with Crippen molar-refractivity contribution in [1.82, 2.24) is 14.8 Å². The van der Waals surface area contributed by atoms with Gasteiger partial charge in [0, 0.05) is 38.6 Å². The van der Waals surface area contributed by atoms with Crippen LogP contribution in [0.2, 0.25) is 0 Å². The number of morpholine rings is 1. The van der Waals surface area contributed by atoms with Crippen LogP contribution in [0, 0.1) is 0 Å². The van der Waals surface area contributed by atoms with Crippen LogP contribution in [0.1, 0.15) is 33.4 Å². The van der Waals surface area contributed by atoms with Crippen molar-refractivity contribution in [1.29, 1.82) is 0 Å². The van der Waals surface area contributed by atoms with Crippen LogP contribution in [-0.4, -0.2) is 53.0 Å². The minimum atomic E-state index is -0.490. The fourth-order valence-electron chi connectivity index (χ4n) is 2.65. The molecule has 1 aromatic rings. The lowest BCUT2D eigenvalue weighted by molar-refractivity contribution is -0.0478. The molecule has 1 aromatic heterocycles. The van der Waals surface area contributed by atoms with Crippen molar-refractivity contribution >= 4 is 6.09 Å². The Balaban J connectivity index is 1.85. The Bertz CT molecular complexity index is 521. The average molecular weight is 323 g/mol. The molecule has 2 atom stereocenters. The second-order valence-electron chi connectivity index (χ2n) is 7.19. The number of carbonyl (C=O) groups is 1. The standard InChI is InChI=1S/C17H29N3O3/c1-13(18-16(21)23-17(2,3)4)15-12-20(9-10-22-15)11-14-7-6-8-19(14)5/h6-8,13,15H,9-12H2,1-5H3,(H,18,21)/t13-,15+/m0/s1. The Morgan fingerprint density at radius 3 is 2.87 bits per heavy atom. The summed E-state index contributed by atoms with van der Waals surface area (Å²) in [5.41, 5.74) is 0.786. The molecule has 1 amide bonds. The third-order valence-electron chi connectivity index (χ3n) is 3.92. The summed E-state index contributed by atoms with van der Waals surface area (Å²) in [5, 5.41) is 2.88. The van der Waals surface area contributed by atoms with E-state index < -0.39 is 11.7 Å². The quantitative estimate of drug-likeness (QED) is 0.922. The first-order valence-corrected chi connectivity index (χ1v) is 8.18. The zero-order valence-electron chi connectivity index (χ0n) is 14.8. The maximum absolute atomic E-state index is 11.9. The van der Waals surface area contributed by atoms with Crippen molar-refractivity contribution in [3.05, 3.63) is 24.0 Å². The highest BCUT2D eigenvalue weighted by atomic mass is 16.6. The van der Waals surface area contributed by atoms with Crippen molar-refractivity contribution in [3.8, 4) is 0 Å². The van der Waals surface area contributed by atoms with E-state index >= 15 is 0 Å². The molecule has 1 saturated heterocycles. The Hall–Kier alpha value is -1.53. The number of aryl methyl sites for hydroxylation is 1. The van der Waals surface area contributed by atoms with Crippen LogP contribution >= 0.6 is 0 Å². The van der Waals surface area contributed by atoms with Gasteiger partial charge in [0.25, 0.3) is 0 Å². The fourth-order valence-corrected chi connectivity index (χ4v) is 2.65. The highest BCUT2D eigenvalue weighted by Gasteiger charge is 2.28. The van der Waals surface area contributed by atoms with Gasteiger partial charge in [-0.1, -0.05) is 0 Å². The molecule has 1 aliphatic heterocycles.